The van der Waals surface area contributed by atoms with E-state index < -0.39 is 0 Å². The summed E-state index contributed by atoms with van der Waals surface area (Å²) in [5, 5.41) is 0. The van der Waals surface area contributed by atoms with E-state index >= 15 is 0 Å². The third-order valence-corrected chi connectivity index (χ3v) is 7.47. The first-order valence-corrected chi connectivity index (χ1v) is 8.64. The fourth-order valence-corrected chi connectivity index (χ4v) is 6.43. The predicted octanol–water partition coefficient (Wildman–Crippen LogP) is 3.78. The van der Waals surface area contributed by atoms with Crippen LogP contribution in [0.4, 0.5) is 0 Å². The topological polar surface area (TPSA) is 34.1 Å². The predicted molar refractivity (Wildman–Crippen MR) is 77.1 cm³/mol. The van der Waals surface area contributed by atoms with E-state index in [0.29, 0.717) is 23.4 Å². The number of Topliss-reactive ketones (excluding diaryl/α,β-unsaturated/α-hetero) is 2. The van der Waals surface area contributed by atoms with Gasteiger partial charge in [0.15, 0.2) is 0 Å². The second-order valence-corrected chi connectivity index (χ2v) is 8.13. The Balaban J connectivity index is 1.59. The normalized spacial score (nSPS) is 51.4. The van der Waals surface area contributed by atoms with Gasteiger partial charge in [-0.15, -0.1) is 0 Å². The van der Waals surface area contributed by atoms with E-state index in [4.69, 9.17) is 0 Å². The van der Waals surface area contributed by atoms with Gasteiger partial charge in [-0.05, 0) is 68.1 Å². The molecule has 4 fully saturated rings. The van der Waals surface area contributed by atoms with Gasteiger partial charge >= 0.3 is 0 Å². The van der Waals surface area contributed by atoms with E-state index in [2.05, 4.69) is 6.92 Å². The summed E-state index contributed by atoms with van der Waals surface area (Å²) >= 11 is 0. The van der Waals surface area contributed by atoms with E-state index in [1.807, 2.05) is 0 Å². The Morgan fingerprint density at radius 2 is 1.75 bits per heavy atom. The van der Waals surface area contributed by atoms with Gasteiger partial charge in [-0.25, -0.2) is 0 Å². The molecule has 0 aromatic heterocycles. The third-order valence-electron chi connectivity index (χ3n) is 7.47. The van der Waals surface area contributed by atoms with Crippen LogP contribution < -0.4 is 0 Å². The summed E-state index contributed by atoms with van der Waals surface area (Å²) in [5.74, 6) is 4.79. The van der Waals surface area contributed by atoms with Crippen molar-refractivity contribution in [2.45, 2.75) is 64.7 Å². The zero-order chi connectivity index (χ0) is 13.9. The van der Waals surface area contributed by atoms with Gasteiger partial charge in [-0.3, -0.25) is 9.59 Å². The highest BCUT2D eigenvalue weighted by molar-refractivity contribution is 5.87. The number of hydrogen-bond acceptors (Lipinski definition) is 2. The molecule has 0 aromatic rings. The van der Waals surface area contributed by atoms with Crippen molar-refractivity contribution in [2.24, 2.45) is 35.0 Å². The van der Waals surface area contributed by atoms with Crippen LogP contribution in [0.3, 0.4) is 0 Å². The second kappa shape index (κ2) is 4.42. The van der Waals surface area contributed by atoms with E-state index in [0.717, 1.165) is 56.3 Å². The average molecular weight is 274 g/mol. The number of carbonyl (C=O) groups excluding carboxylic acids is 2. The van der Waals surface area contributed by atoms with Gasteiger partial charge < -0.3 is 0 Å². The van der Waals surface area contributed by atoms with Gasteiger partial charge in [0, 0.05) is 24.7 Å². The summed E-state index contributed by atoms with van der Waals surface area (Å²) in [6.45, 7) is 2.25. The molecule has 0 saturated heterocycles. The maximum atomic E-state index is 12.3. The Morgan fingerprint density at radius 3 is 2.60 bits per heavy atom. The zero-order valence-electron chi connectivity index (χ0n) is 12.6. The maximum absolute atomic E-state index is 12.3. The lowest BCUT2D eigenvalue weighted by molar-refractivity contribution is -0.134. The first-order chi connectivity index (χ1) is 9.59. The number of hydrogen-bond donors (Lipinski definition) is 0. The van der Waals surface area contributed by atoms with Crippen LogP contribution >= 0.6 is 0 Å². The standard InChI is InChI=1S/C18H26O2/c1-18-9-8-14-13-5-3-12(19)10-11(13)2-4-15(14)16(18)6-7-17(18)20/h11,13-16H,2-10H2,1H3/t11-,13+,14?,15-,16?,18+/m1/s1. The van der Waals surface area contributed by atoms with Crippen molar-refractivity contribution in [1.82, 2.24) is 0 Å². The number of ketones is 2. The smallest absolute Gasteiger partial charge is 0.139 e. The molecule has 0 radical (unpaired) electrons. The van der Waals surface area contributed by atoms with Crippen LogP contribution in [-0.2, 0) is 9.59 Å². The van der Waals surface area contributed by atoms with E-state index in [1.165, 1.54) is 19.3 Å². The largest absolute Gasteiger partial charge is 0.300 e. The summed E-state index contributed by atoms with van der Waals surface area (Å²) in [5.41, 5.74) is 0.0124. The Bertz CT molecular complexity index is 454. The molecule has 110 valence electrons. The van der Waals surface area contributed by atoms with Crippen molar-refractivity contribution in [3.05, 3.63) is 0 Å². The van der Waals surface area contributed by atoms with Crippen molar-refractivity contribution < 1.29 is 9.59 Å². The zero-order valence-corrected chi connectivity index (χ0v) is 12.6. The highest BCUT2D eigenvalue weighted by Gasteiger charge is 2.56. The van der Waals surface area contributed by atoms with Crippen LogP contribution in [0.5, 0.6) is 0 Å². The Kier molecular flexibility index (Phi) is 2.88. The Morgan fingerprint density at radius 1 is 0.900 bits per heavy atom. The van der Waals surface area contributed by atoms with E-state index in [9.17, 15) is 9.59 Å². The van der Waals surface area contributed by atoms with Crippen molar-refractivity contribution >= 4 is 11.6 Å². The lowest BCUT2D eigenvalue weighted by Crippen LogP contribution is -2.48. The van der Waals surface area contributed by atoms with Gasteiger partial charge in [-0.1, -0.05) is 6.92 Å². The minimum absolute atomic E-state index is 0.0124. The molecule has 0 aromatic carbocycles. The third kappa shape index (κ3) is 1.69. The molecule has 0 bridgehead atoms. The summed E-state index contributed by atoms with van der Waals surface area (Å²) in [7, 11) is 0. The highest BCUT2D eigenvalue weighted by atomic mass is 16.1. The van der Waals surface area contributed by atoms with Crippen LogP contribution in [-0.4, -0.2) is 11.6 Å². The molecule has 20 heavy (non-hydrogen) atoms. The van der Waals surface area contributed by atoms with Gasteiger partial charge in [0.05, 0.1) is 0 Å². The van der Waals surface area contributed by atoms with Gasteiger partial charge in [0.1, 0.15) is 11.6 Å². The van der Waals surface area contributed by atoms with Gasteiger partial charge in [0.2, 0.25) is 0 Å². The molecule has 4 aliphatic carbocycles. The van der Waals surface area contributed by atoms with Crippen molar-refractivity contribution in [2.75, 3.05) is 0 Å². The van der Waals surface area contributed by atoms with Crippen LogP contribution in [0.15, 0.2) is 0 Å². The molecule has 0 spiro atoms. The van der Waals surface area contributed by atoms with E-state index in [1.54, 1.807) is 0 Å². The fraction of sp³-hybridized carbons (Fsp3) is 0.889. The molecular weight excluding hydrogens is 248 g/mol. The number of fused-ring (bicyclic) bond motifs is 5. The van der Waals surface area contributed by atoms with Crippen molar-refractivity contribution in [3.63, 3.8) is 0 Å². The average Bonchev–Trinajstić information content (AvgIpc) is 2.74. The second-order valence-electron chi connectivity index (χ2n) is 8.13. The van der Waals surface area contributed by atoms with Gasteiger partial charge in [0.25, 0.3) is 0 Å². The molecule has 2 heteroatoms. The molecule has 4 saturated carbocycles. The minimum Gasteiger partial charge on any atom is -0.300 e. The SMILES string of the molecule is C[C@]12CCC3[C@@H](CC[C@@H]4CC(=O)CC[C@H]34)C1CCC2=O. The maximum Gasteiger partial charge on any atom is 0.139 e. The monoisotopic (exact) mass is 274 g/mol. The number of rotatable bonds is 0. The first-order valence-electron chi connectivity index (χ1n) is 8.64. The summed E-state index contributed by atoms with van der Waals surface area (Å²) in [6, 6.07) is 0. The number of carbonyl (C=O) groups is 2. The fourth-order valence-electron chi connectivity index (χ4n) is 6.43. The quantitative estimate of drug-likeness (QED) is 0.673. The van der Waals surface area contributed by atoms with E-state index in [-0.39, 0.29) is 5.41 Å². The van der Waals surface area contributed by atoms with Crippen LogP contribution in [0.25, 0.3) is 0 Å². The molecule has 0 N–H and O–H groups in total. The van der Waals surface area contributed by atoms with Crippen molar-refractivity contribution in [1.29, 1.82) is 0 Å². The lowest BCUT2D eigenvalue weighted by Gasteiger charge is -2.53. The molecule has 6 atom stereocenters. The molecule has 4 aliphatic rings. The molecule has 2 unspecified atom stereocenters. The molecule has 0 amide bonds. The summed E-state index contributed by atoms with van der Waals surface area (Å²) in [4.78, 5) is 24.0. The molecule has 4 rings (SSSR count). The lowest BCUT2D eigenvalue weighted by atomic mass is 9.50. The van der Waals surface area contributed by atoms with Gasteiger partial charge in [-0.2, -0.15) is 0 Å². The summed E-state index contributed by atoms with van der Waals surface area (Å²) < 4.78 is 0. The molecule has 0 aliphatic heterocycles. The summed E-state index contributed by atoms with van der Waals surface area (Å²) in [6.07, 6.45) is 9.70. The molecule has 0 heterocycles. The van der Waals surface area contributed by atoms with Crippen LogP contribution in [0.1, 0.15) is 64.7 Å². The van der Waals surface area contributed by atoms with Crippen LogP contribution in [0, 0.1) is 35.0 Å². The highest BCUT2D eigenvalue weighted by Crippen LogP contribution is 2.61. The van der Waals surface area contributed by atoms with Crippen LogP contribution in [0.2, 0.25) is 0 Å². The Labute approximate surface area is 121 Å². The minimum atomic E-state index is 0.0124. The Hall–Kier alpha value is -0.660. The molecular formula is C18H26O2. The molecule has 2 nitrogen and oxygen atoms in total. The van der Waals surface area contributed by atoms with Crippen molar-refractivity contribution in [3.8, 4) is 0 Å². The first kappa shape index (κ1) is 13.0.